The fourth-order valence-corrected chi connectivity index (χ4v) is 2.98. The highest BCUT2D eigenvalue weighted by Gasteiger charge is 2.25. The summed E-state index contributed by atoms with van der Waals surface area (Å²) in [6.45, 7) is 1.58. The molecule has 2 amide bonds. The monoisotopic (exact) mass is 284 g/mol. The molecule has 1 saturated carbocycles. The van der Waals surface area contributed by atoms with E-state index in [0.29, 0.717) is 38.4 Å². The van der Waals surface area contributed by atoms with E-state index in [1.165, 1.54) is 37.0 Å². The van der Waals surface area contributed by atoms with E-state index in [0.717, 1.165) is 0 Å². The summed E-state index contributed by atoms with van der Waals surface area (Å²) in [5.74, 6) is 0.588. The van der Waals surface area contributed by atoms with Crippen LogP contribution in [0.3, 0.4) is 0 Å². The molecule has 114 valence electrons. The number of hydrogen-bond acceptors (Lipinski definition) is 3. The van der Waals surface area contributed by atoms with Crippen LogP contribution < -0.4 is 5.32 Å². The Balaban J connectivity index is 1.61. The van der Waals surface area contributed by atoms with E-state index in [1.807, 2.05) is 0 Å². The average Bonchev–Trinajstić information content (AvgIpc) is 2.47. The predicted molar refractivity (Wildman–Crippen MR) is 73.7 cm³/mol. The Morgan fingerprint density at radius 3 is 2.35 bits per heavy atom. The van der Waals surface area contributed by atoms with E-state index in [4.69, 9.17) is 9.84 Å². The van der Waals surface area contributed by atoms with Crippen LogP contribution in [0.4, 0.5) is 9.59 Å². The van der Waals surface area contributed by atoms with Crippen molar-refractivity contribution < 1.29 is 19.4 Å². The van der Waals surface area contributed by atoms with Crippen LogP contribution in [0.2, 0.25) is 0 Å². The van der Waals surface area contributed by atoms with Crippen molar-refractivity contribution >= 4 is 12.2 Å². The lowest BCUT2D eigenvalue weighted by atomic mass is 9.89. The van der Waals surface area contributed by atoms with Crippen molar-refractivity contribution in [3.8, 4) is 0 Å². The van der Waals surface area contributed by atoms with E-state index >= 15 is 0 Å². The fraction of sp³-hybridized carbons (Fsp3) is 0.857. The van der Waals surface area contributed by atoms with Gasteiger partial charge in [0.15, 0.2) is 0 Å². The minimum Gasteiger partial charge on any atom is -0.465 e. The minimum absolute atomic E-state index is 0.156. The molecule has 0 spiro atoms. The van der Waals surface area contributed by atoms with Crippen molar-refractivity contribution in [2.24, 2.45) is 5.92 Å². The van der Waals surface area contributed by atoms with Gasteiger partial charge in [0.1, 0.15) is 6.10 Å². The molecule has 6 nitrogen and oxygen atoms in total. The SMILES string of the molecule is O=C(NCC1CCCCC1)OC1CCN(C(=O)O)CC1. The molecule has 0 radical (unpaired) electrons. The molecule has 1 saturated heterocycles. The molecule has 0 bridgehead atoms. The number of amides is 2. The van der Waals surface area contributed by atoms with Gasteiger partial charge in [-0.15, -0.1) is 0 Å². The van der Waals surface area contributed by atoms with Crippen LogP contribution in [0.25, 0.3) is 0 Å². The molecule has 0 unspecified atom stereocenters. The first-order chi connectivity index (χ1) is 9.65. The molecule has 1 heterocycles. The normalized spacial score (nSPS) is 21.5. The fourth-order valence-electron chi connectivity index (χ4n) is 2.98. The van der Waals surface area contributed by atoms with Gasteiger partial charge in [-0.1, -0.05) is 19.3 Å². The maximum atomic E-state index is 11.7. The van der Waals surface area contributed by atoms with Gasteiger partial charge in [0.2, 0.25) is 0 Å². The molecule has 2 aliphatic rings. The number of hydrogen-bond donors (Lipinski definition) is 2. The van der Waals surface area contributed by atoms with Crippen LogP contribution in [-0.2, 0) is 4.74 Å². The smallest absolute Gasteiger partial charge is 0.407 e. The molecular weight excluding hydrogens is 260 g/mol. The Hall–Kier alpha value is -1.46. The van der Waals surface area contributed by atoms with Gasteiger partial charge in [0, 0.05) is 32.5 Å². The molecule has 0 aromatic carbocycles. The molecule has 2 fully saturated rings. The summed E-state index contributed by atoms with van der Waals surface area (Å²) in [7, 11) is 0. The van der Waals surface area contributed by atoms with Gasteiger partial charge in [0.25, 0.3) is 0 Å². The Morgan fingerprint density at radius 2 is 1.75 bits per heavy atom. The third-order valence-corrected chi connectivity index (χ3v) is 4.25. The average molecular weight is 284 g/mol. The van der Waals surface area contributed by atoms with Crippen LogP contribution >= 0.6 is 0 Å². The summed E-state index contributed by atoms with van der Waals surface area (Å²) in [6.07, 6.45) is 5.97. The number of nitrogens with zero attached hydrogens (tertiary/aromatic N) is 1. The van der Waals surface area contributed by atoms with E-state index in [1.54, 1.807) is 0 Å². The number of likely N-dealkylation sites (tertiary alicyclic amines) is 1. The standard InChI is InChI=1S/C14H24N2O4/c17-13(15-10-11-4-2-1-3-5-11)20-12-6-8-16(9-7-12)14(18)19/h11-12H,1-10H2,(H,15,17)(H,18,19). The zero-order valence-electron chi connectivity index (χ0n) is 11.8. The van der Waals surface area contributed by atoms with Gasteiger partial charge >= 0.3 is 12.2 Å². The lowest BCUT2D eigenvalue weighted by molar-refractivity contribution is 0.0503. The van der Waals surface area contributed by atoms with Gasteiger partial charge in [-0.25, -0.2) is 9.59 Å². The van der Waals surface area contributed by atoms with Gasteiger partial charge in [-0.3, -0.25) is 0 Å². The summed E-state index contributed by atoms with van der Waals surface area (Å²) in [6, 6.07) is 0. The van der Waals surface area contributed by atoms with Gasteiger partial charge in [-0.2, -0.15) is 0 Å². The zero-order chi connectivity index (χ0) is 14.4. The number of alkyl carbamates (subject to hydrolysis) is 1. The van der Waals surface area contributed by atoms with Crippen molar-refractivity contribution in [1.29, 1.82) is 0 Å². The highest BCUT2D eigenvalue weighted by Crippen LogP contribution is 2.22. The molecule has 0 atom stereocenters. The first kappa shape index (κ1) is 14.9. The summed E-state index contributed by atoms with van der Waals surface area (Å²) in [5.41, 5.74) is 0. The predicted octanol–water partition coefficient (Wildman–Crippen LogP) is 2.44. The maximum absolute atomic E-state index is 11.7. The second-order valence-corrected chi connectivity index (χ2v) is 5.76. The second kappa shape index (κ2) is 7.36. The Labute approximate surface area is 119 Å². The molecule has 20 heavy (non-hydrogen) atoms. The largest absolute Gasteiger partial charge is 0.465 e. The van der Waals surface area contributed by atoms with Crippen LogP contribution in [0.5, 0.6) is 0 Å². The van der Waals surface area contributed by atoms with Crippen LogP contribution in [0.1, 0.15) is 44.9 Å². The maximum Gasteiger partial charge on any atom is 0.407 e. The molecular formula is C14H24N2O4. The molecule has 2 N–H and O–H groups in total. The van der Waals surface area contributed by atoms with Crippen molar-refractivity contribution in [2.75, 3.05) is 19.6 Å². The van der Waals surface area contributed by atoms with Crippen LogP contribution in [0.15, 0.2) is 0 Å². The minimum atomic E-state index is -0.898. The van der Waals surface area contributed by atoms with E-state index in [2.05, 4.69) is 5.32 Å². The Kier molecular flexibility index (Phi) is 5.49. The molecule has 0 aromatic heterocycles. The lowest BCUT2D eigenvalue weighted by Crippen LogP contribution is -2.42. The third-order valence-electron chi connectivity index (χ3n) is 4.25. The third kappa shape index (κ3) is 4.58. The molecule has 1 aliphatic carbocycles. The van der Waals surface area contributed by atoms with Gasteiger partial charge in [-0.05, 0) is 18.8 Å². The van der Waals surface area contributed by atoms with Crippen molar-refractivity contribution in [3.63, 3.8) is 0 Å². The summed E-state index contributed by atoms with van der Waals surface area (Å²) >= 11 is 0. The number of rotatable bonds is 3. The van der Waals surface area contributed by atoms with Crippen molar-refractivity contribution in [1.82, 2.24) is 10.2 Å². The number of carbonyl (C=O) groups is 2. The highest BCUT2D eigenvalue weighted by molar-refractivity contribution is 5.67. The summed E-state index contributed by atoms with van der Waals surface area (Å²) in [5, 5.41) is 11.7. The van der Waals surface area contributed by atoms with Crippen LogP contribution in [0, 0.1) is 5.92 Å². The first-order valence-electron chi connectivity index (χ1n) is 7.57. The Bertz CT molecular complexity index is 334. The van der Waals surface area contributed by atoms with Crippen molar-refractivity contribution in [3.05, 3.63) is 0 Å². The number of ether oxygens (including phenoxy) is 1. The number of carbonyl (C=O) groups excluding carboxylic acids is 1. The summed E-state index contributed by atoms with van der Waals surface area (Å²) < 4.78 is 5.34. The van der Waals surface area contributed by atoms with Gasteiger partial charge in [0.05, 0.1) is 0 Å². The summed E-state index contributed by atoms with van der Waals surface area (Å²) in [4.78, 5) is 23.8. The van der Waals surface area contributed by atoms with E-state index < -0.39 is 6.09 Å². The van der Waals surface area contributed by atoms with E-state index in [9.17, 15) is 9.59 Å². The number of piperidine rings is 1. The number of nitrogens with one attached hydrogen (secondary N) is 1. The quantitative estimate of drug-likeness (QED) is 0.834. The van der Waals surface area contributed by atoms with Gasteiger partial charge < -0.3 is 20.1 Å². The lowest BCUT2D eigenvalue weighted by Gasteiger charge is -2.30. The number of carboxylic acid groups (broad SMARTS) is 1. The topological polar surface area (TPSA) is 78.9 Å². The highest BCUT2D eigenvalue weighted by atomic mass is 16.6. The molecule has 0 aromatic rings. The first-order valence-corrected chi connectivity index (χ1v) is 7.57. The molecule has 2 rings (SSSR count). The van der Waals surface area contributed by atoms with Crippen molar-refractivity contribution in [2.45, 2.75) is 51.0 Å². The second-order valence-electron chi connectivity index (χ2n) is 5.76. The molecule has 1 aliphatic heterocycles. The van der Waals surface area contributed by atoms with Crippen LogP contribution in [-0.4, -0.2) is 47.9 Å². The zero-order valence-corrected chi connectivity index (χ0v) is 11.8. The van der Waals surface area contributed by atoms with E-state index in [-0.39, 0.29) is 12.2 Å². The molecule has 6 heteroatoms. The Morgan fingerprint density at radius 1 is 1.10 bits per heavy atom.